The van der Waals surface area contributed by atoms with E-state index in [1.54, 1.807) is 6.07 Å². The van der Waals surface area contributed by atoms with Crippen LogP contribution in [0.4, 0.5) is 35.1 Å². The van der Waals surface area contributed by atoms with Crippen molar-refractivity contribution in [3.63, 3.8) is 0 Å². The number of alkyl halides is 3. The van der Waals surface area contributed by atoms with Crippen molar-refractivity contribution in [1.29, 1.82) is 0 Å². The molecule has 0 aliphatic heterocycles. The van der Waals surface area contributed by atoms with Crippen LogP contribution in [0.5, 0.6) is 0 Å². The average Bonchev–Trinajstić information content (AvgIpc) is 1.62. The second kappa shape index (κ2) is 34.5. The van der Waals surface area contributed by atoms with Crippen molar-refractivity contribution in [3.05, 3.63) is 236 Å². The van der Waals surface area contributed by atoms with Gasteiger partial charge in [0.25, 0.3) is 0 Å². The highest BCUT2D eigenvalue weighted by molar-refractivity contribution is 5.83. The molecule has 0 atom stereocenters. The number of benzene rings is 8. The summed E-state index contributed by atoms with van der Waals surface area (Å²) in [7, 11) is 0. The molecule has 0 spiro atoms. The fourth-order valence-corrected chi connectivity index (χ4v) is 12.1. The van der Waals surface area contributed by atoms with Crippen LogP contribution in [0.15, 0.2) is 121 Å². The molecular formula is C94H116F8N16. The summed E-state index contributed by atoms with van der Waals surface area (Å²) < 4.78 is 104. The highest BCUT2D eigenvalue weighted by atomic mass is 19.4. The number of rotatable bonds is 1. The number of hydrogen-bond acceptors (Lipinski definition) is 8. The van der Waals surface area contributed by atoms with Gasteiger partial charge in [-0.2, -0.15) is 13.2 Å². The minimum absolute atomic E-state index is 0.00933. The number of para-hydroxylation sites is 1. The van der Waals surface area contributed by atoms with Gasteiger partial charge in [0.05, 0.1) is 77.3 Å². The molecule has 0 unspecified atom stereocenters. The second-order valence-corrected chi connectivity index (χ2v) is 38.1. The van der Waals surface area contributed by atoms with Crippen molar-refractivity contribution in [2.45, 2.75) is 251 Å². The maximum Gasteiger partial charge on any atom is 0.418 e. The number of H-pyrrole nitrogens is 8. The first-order valence-electron chi connectivity index (χ1n) is 39.6. The summed E-state index contributed by atoms with van der Waals surface area (Å²) in [6, 6.07) is 36.6. The summed E-state index contributed by atoms with van der Waals surface area (Å²) in [5.41, 5.74) is 18.5. The maximum atomic E-state index is 13.4. The molecule has 0 fully saturated rings. The molecular weight excluding hydrogens is 1510 g/mol. The summed E-state index contributed by atoms with van der Waals surface area (Å²) in [5.74, 6) is 2.29. The predicted molar refractivity (Wildman–Crippen MR) is 467 cm³/mol. The first kappa shape index (κ1) is 90.9. The van der Waals surface area contributed by atoms with Crippen LogP contribution < -0.4 is 0 Å². The van der Waals surface area contributed by atoms with Crippen LogP contribution >= 0.6 is 0 Å². The summed E-state index contributed by atoms with van der Waals surface area (Å²) >= 11 is 0. The summed E-state index contributed by atoms with van der Waals surface area (Å²) in [6.07, 6.45) is -4.37. The van der Waals surface area contributed by atoms with Gasteiger partial charge in [-0.1, -0.05) is 196 Å². The first-order valence-corrected chi connectivity index (χ1v) is 39.6. The van der Waals surface area contributed by atoms with E-state index in [4.69, 9.17) is 0 Å². The Labute approximate surface area is 686 Å². The summed E-state index contributed by atoms with van der Waals surface area (Å²) in [5, 5.41) is 0. The third kappa shape index (κ3) is 22.8. The molecule has 0 saturated heterocycles. The van der Waals surface area contributed by atoms with Gasteiger partial charge in [0.15, 0.2) is 23.3 Å². The van der Waals surface area contributed by atoms with Crippen molar-refractivity contribution in [3.8, 4) is 0 Å². The van der Waals surface area contributed by atoms with Gasteiger partial charge in [0.1, 0.15) is 69.0 Å². The van der Waals surface area contributed by atoms with Gasteiger partial charge < -0.3 is 39.9 Å². The van der Waals surface area contributed by atoms with Crippen LogP contribution in [-0.4, -0.2) is 79.7 Å². The molecule has 0 radical (unpaired) electrons. The quantitative estimate of drug-likeness (QED) is 0.0581. The van der Waals surface area contributed by atoms with E-state index in [-0.39, 0.29) is 60.0 Å². The largest absolute Gasteiger partial charge is 0.418 e. The van der Waals surface area contributed by atoms with Crippen LogP contribution in [0.2, 0.25) is 0 Å². The fraction of sp³-hybridized carbons (Fsp3) is 0.404. The molecule has 16 nitrogen and oxygen atoms in total. The molecule has 8 N–H and O–H groups in total. The van der Waals surface area contributed by atoms with Crippen LogP contribution in [0.25, 0.3) is 88.3 Å². The van der Waals surface area contributed by atoms with Gasteiger partial charge in [0, 0.05) is 56.0 Å². The van der Waals surface area contributed by atoms with E-state index in [2.05, 4.69) is 303 Å². The lowest BCUT2D eigenvalue weighted by atomic mass is 9.96. The lowest BCUT2D eigenvalue weighted by Gasteiger charge is -2.13. The van der Waals surface area contributed by atoms with E-state index in [0.717, 1.165) is 102 Å². The molecule has 24 heteroatoms. The Morgan fingerprint density at radius 1 is 0.271 bits per heavy atom. The van der Waals surface area contributed by atoms with Gasteiger partial charge in [-0.25, -0.2) is 61.8 Å². The fourth-order valence-electron chi connectivity index (χ4n) is 12.1. The van der Waals surface area contributed by atoms with Crippen molar-refractivity contribution >= 4 is 88.3 Å². The zero-order valence-corrected chi connectivity index (χ0v) is 73.7. The second-order valence-electron chi connectivity index (χ2n) is 38.1. The molecule has 8 aromatic heterocycles. The monoisotopic (exact) mass is 1620 g/mol. The minimum atomic E-state index is -4.37. The molecule has 118 heavy (non-hydrogen) atoms. The van der Waals surface area contributed by atoms with E-state index in [0.29, 0.717) is 34.4 Å². The van der Waals surface area contributed by atoms with Crippen LogP contribution in [-0.2, 0) is 44.1 Å². The normalized spacial score (nSPS) is 12.4. The third-order valence-electron chi connectivity index (χ3n) is 18.9. The Bertz CT molecular complexity index is 5870. The lowest BCUT2D eigenvalue weighted by Crippen LogP contribution is -2.13. The van der Waals surface area contributed by atoms with Crippen LogP contribution in [0.3, 0.4) is 0 Å². The Kier molecular flexibility index (Phi) is 26.6. The van der Waals surface area contributed by atoms with Crippen molar-refractivity contribution in [2.75, 3.05) is 0 Å². The van der Waals surface area contributed by atoms with Crippen molar-refractivity contribution in [2.24, 2.45) is 0 Å². The van der Waals surface area contributed by atoms with Crippen molar-refractivity contribution < 1.29 is 35.1 Å². The number of imidazole rings is 8. The van der Waals surface area contributed by atoms with Gasteiger partial charge in [0.2, 0.25) is 0 Å². The zero-order valence-electron chi connectivity index (χ0n) is 73.7. The first-order chi connectivity index (χ1) is 54.3. The van der Waals surface area contributed by atoms with E-state index in [1.165, 1.54) is 45.5 Å². The number of aryl methyl sites for hydroxylation is 6. The topological polar surface area (TPSA) is 229 Å². The van der Waals surface area contributed by atoms with Crippen molar-refractivity contribution in [1.82, 2.24) is 79.7 Å². The molecule has 8 aromatic carbocycles. The molecule has 16 aromatic rings. The maximum absolute atomic E-state index is 13.4. The standard InChI is InChI=1S/C13H18N2.C12H13F3N2.3C12H16N2.C11H11F3N2.C11H12F2N2.C11H14N2/c1-8-6-9(2)11-10(7-8)14-12(15-11)13(3,4)5;1-11(2,3)10-16-8-6-4-5-7(9(8)17-10)12(13,14)15;3*1-8-5-6-9-10(7-8)14-11(13-9)12(2,3)4;1-11(2,3)10-15-6-4-5(12)7(13)8(14)9(6)16-10;1-11(2,3)10-14-8-5-6(12)4-7(13)9(8)15-10;1-7(2)11-12-9-5-4-8(3)6-10(9)13-11/h6-7H,1-5H3,(H,14,15);4-6H,1-3H3,(H,16,17);3*5-7H,1-4H3,(H,13,14);4H,1-3H3,(H,15,16);4-5H,1-3H3,(H,14,15);4-7H,1-3H3,(H,12,13). The Hall–Kier alpha value is -11.0. The van der Waals surface area contributed by atoms with E-state index in [9.17, 15) is 35.1 Å². The van der Waals surface area contributed by atoms with Crippen LogP contribution in [0, 0.1) is 70.6 Å². The summed E-state index contributed by atoms with van der Waals surface area (Å²) in [6.45, 7) is 60.1. The molecule has 0 aliphatic rings. The number of fused-ring (bicyclic) bond motifs is 8. The van der Waals surface area contributed by atoms with Gasteiger partial charge >= 0.3 is 6.18 Å². The Morgan fingerprint density at radius 2 is 0.585 bits per heavy atom. The van der Waals surface area contributed by atoms with Gasteiger partial charge in [-0.3, -0.25) is 0 Å². The van der Waals surface area contributed by atoms with E-state index >= 15 is 0 Å². The smallest absolute Gasteiger partial charge is 0.342 e. The SMILES string of the molecule is CC(C)(C)c1nc2c(C(F)(F)F)cccc2[nH]1.CC(C)(C)c1nc2c(F)c(F)c(F)cc2[nH]1.CC(C)(C)c1nc2c(F)cc(F)cc2[nH]1.Cc1cc(C)c2nc(C(C)(C)C)[nH]c2c1.Cc1ccc2nc(C(C)(C)C)[nH]c2c1.Cc1ccc2nc(C(C)(C)C)[nH]c2c1.Cc1ccc2nc(C(C)(C)C)[nH]c2c1.Cc1ccc2nc(C(C)C)[nH]c2c1. The lowest BCUT2D eigenvalue weighted by molar-refractivity contribution is -0.136. The number of hydrogen-bond donors (Lipinski definition) is 8. The van der Waals surface area contributed by atoms with Gasteiger partial charge in [-0.05, 0) is 148 Å². The third-order valence-corrected chi connectivity index (χ3v) is 18.9. The number of nitrogens with zero attached hydrogens (tertiary/aromatic N) is 8. The minimum Gasteiger partial charge on any atom is -0.342 e. The molecule has 0 aliphatic carbocycles. The Balaban J connectivity index is 0.000000154. The highest BCUT2D eigenvalue weighted by Gasteiger charge is 2.35. The number of aromatic amines is 8. The predicted octanol–water partition coefficient (Wildman–Crippen LogP) is 26.3. The van der Waals surface area contributed by atoms with Crippen LogP contribution in [0.1, 0.15) is 251 Å². The number of aromatic nitrogens is 16. The molecule has 0 bridgehead atoms. The molecule has 0 amide bonds. The average molecular weight is 1620 g/mol. The summed E-state index contributed by atoms with van der Waals surface area (Å²) in [4.78, 5) is 60.5. The highest BCUT2D eigenvalue weighted by Crippen LogP contribution is 2.37. The van der Waals surface area contributed by atoms with Gasteiger partial charge in [-0.15, -0.1) is 0 Å². The molecule has 628 valence electrons. The van der Waals surface area contributed by atoms with E-state index < -0.39 is 40.8 Å². The Morgan fingerprint density at radius 3 is 0.966 bits per heavy atom. The van der Waals surface area contributed by atoms with E-state index in [1.807, 2.05) is 62.3 Å². The molecule has 8 heterocycles. The molecule has 16 rings (SSSR count). The number of halogens is 8. The molecule has 0 saturated carbocycles. The number of nitrogens with one attached hydrogen (secondary N) is 8. The zero-order chi connectivity index (χ0) is 87.8.